The average Bonchev–Trinajstić information content (AvgIpc) is 3.26. The lowest BCUT2D eigenvalue weighted by Crippen LogP contribution is -2.58. The molecule has 0 aromatic rings. The molecule has 2 saturated heterocycles. The zero-order valence-electron chi connectivity index (χ0n) is 32.1. The Kier molecular flexibility index (Phi) is 10.1. The van der Waals surface area contributed by atoms with E-state index in [4.69, 9.17) is 18.9 Å². The molecule has 0 aromatic heterocycles. The Morgan fingerprint density at radius 2 is 1.50 bits per heavy atom. The monoisotopic (exact) mass is 664 g/mol. The third-order valence-corrected chi connectivity index (χ3v) is 11.6. The van der Waals surface area contributed by atoms with Crippen molar-refractivity contribution in [2.24, 2.45) is 45.8 Å². The summed E-state index contributed by atoms with van der Waals surface area (Å²) in [6.07, 6.45) is 15.2. The summed E-state index contributed by atoms with van der Waals surface area (Å²) in [5.74, 6) is -1.62. The number of carbonyl (C=O) groups is 1. The quantitative estimate of drug-likeness (QED) is 0.206. The first-order chi connectivity index (χ1) is 22.1. The molecule has 4 heterocycles. The van der Waals surface area contributed by atoms with E-state index in [1.165, 1.54) is 5.57 Å². The standard InChI is InChI=1S/C42H64O6/c1-25-15-14-16-29-24-45-36-34(39(8,9)10)28(4)21-32(42(29,36)44)37(43)46-31-22-30(18-17-26(2)33(25)38(5,6)7)47-41(23-31)20-19-27(3)35(48-41)40(11,12)13/h14-17,19-21,25,27,30-36,44H,18,22-24H2,1-13H3/b15-14+,26-17+,29-16+. The van der Waals surface area contributed by atoms with Crippen LogP contribution in [0.2, 0.25) is 0 Å². The van der Waals surface area contributed by atoms with E-state index >= 15 is 0 Å². The summed E-state index contributed by atoms with van der Waals surface area (Å²) >= 11 is 0. The fourth-order valence-corrected chi connectivity index (χ4v) is 9.87. The number of hydrogen-bond acceptors (Lipinski definition) is 6. The summed E-state index contributed by atoms with van der Waals surface area (Å²) in [6, 6.07) is 0. The molecule has 0 amide bonds. The van der Waals surface area contributed by atoms with Gasteiger partial charge in [0.2, 0.25) is 0 Å². The highest BCUT2D eigenvalue weighted by molar-refractivity contribution is 5.78. The molecule has 1 N–H and O–H groups in total. The van der Waals surface area contributed by atoms with Crippen LogP contribution in [0.1, 0.15) is 109 Å². The molecular formula is C42H64O6. The van der Waals surface area contributed by atoms with E-state index in [2.05, 4.69) is 120 Å². The Balaban J connectivity index is 1.62. The fraction of sp³-hybridized carbons (Fsp3) is 0.738. The summed E-state index contributed by atoms with van der Waals surface area (Å²) in [4.78, 5) is 14.4. The van der Waals surface area contributed by atoms with E-state index in [0.29, 0.717) is 19.3 Å². The Labute approximate surface area is 291 Å². The van der Waals surface area contributed by atoms with Crippen molar-refractivity contribution in [3.63, 3.8) is 0 Å². The smallest absolute Gasteiger partial charge is 0.316 e. The lowest BCUT2D eigenvalue weighted by atomic mass is 9.61. The van der Waals surface area contributed by atoms with Crippen LogP contribution in [0.5, 0.6) is 0 Å². The van der Waals surface area contributed by atoms with Crippen molar-refractivity contribution >= 4 is 5.97 Å². The van der Waals surface area contributed by atoms with E-state index in [0.717, 1.165) is 11.1 Å². The topological polar surface area (TPSA) is 74.2 Å². The van der Waals surface area contributed by atoms with Crippen molar-refractivity contribution in [2.45, 2.75) is 145 Å². The van der Waals surface area contributed by atoms with Crippen LogP contribution in [0.25, 0.3) is 0 Å². The molecule has 1 spiro atoms. The summed E-state index contributed by atoms with van der Waals surface area (Å²) in [5, 5.41) is 12.8. The molecule has 0 radical (unpaired) electrons. The van der Waals surface area contributed by atoms with E-state index in [-0.39, 0.29) is 58.7 Å². The highest BCUT2D eigenvalue weighted by Gasteiger charge is 2.61. The Morgan fingerprint density at radius 3 is 2.12 bits per heavy atom. The lowest BCUT2D eigenvalue weighted by molar-refractivity contribution is -0.306. The second-order valence-corrected chi connectivity index (χ2v) is 18.9. The van der Waals surface area contributed by atoms with Crippen LogP contribution in [0.4, 0.5) is 0 Å². The van der Waals surface area contributed by atoms with Crippen molar-refractivity contribution in [1.29, 1.82) is 0 Å². The molecular weight excluding hydrogens is 600 g/mol. The number of allylic oxidation sites excluding steroid dienone is 4. The van der Waals surface area contributed by atoms with E-state index in [9.17, 15) is 9.90 Å². The van der Waals surface area contributed by atoms with Crippen LogP contribution in [0, 0.1) is 45.8 Å². The highest BCUT2D eigenvalue weighted by Crippen LogP contribution is 2.53. The number of aliphatic hydroxyl groups is 1. The van der Waals surface area contributed by atoms with Gasteiger partial charge in [0.1, 0.15) is 17.6 Å². The number of ether oxygens (including phenoxy) is 4. The molecule has 11 atom stereocenters. The first kappa shape index (κ1) is 37.3. The van der Waals surface area contributed by atoms with Crippen molar-refractivity contribution < 1.29 is 28.8 Å². The first-order valence-corrected chi connectivity index (χ1v) is 18.4. The van der Waals surface area contributed by atoms with Gasteiger partial charge in [-0.3, -0.25) is 4.79 Å². The van der Waals surface area contributed by atoms with Crippen LogP contribution in [0.15, 0.2) is 59.3 Å². The summed E-state index contributed by atoms with van der Waals surface area (Å²) in [5.41, 5.74) is 1.32. The zero-order valence-corrected chi connectivity index (χ0v) is 32.1. The van der Waals surface area contributed by atoms with Gasteiger partial charge < -0.3 is 24.1 Å². The van der Waals surface area contributed by atoms with Crippen LogP contribution in [0.3, 0.4) is 0 Å². The molecule has 11 unspecified atom stereocenters. The molecule has 0 saturated carbocycles. The Bertz CT molecular complexity index is 1380. The number of carbonyl (C=O) groups excluding carboxylic acids is 1. The molecule has 1 aliphatic carbocycles. The molecule has 48 heavy (non-hydrogen) atoms. The third-order valence-electron chi connectivity index (χ3n) is 11.6. The van der Waals surface area contributed by atoms with Crippen molar-refractivity contribution in [3.8, 4) is 0 Å². The highest BCUT2D eigenvalue weighted by atomic mass is 16.7. The fourth-order valence-electron chi connectivity index (χ4n) is 9.87. The molecule has 0 aromatic carbocycles. The minimum Gasteiger partial charge on any atom is -0.462 e. The zero-order chi connectivity index (χ0) is 35.6. The van der Waals surface area contributed by atoms with Crippen LogP contribution >= 0.6 is 0 Å². The van der Waals surface area contributed by atoms with Gasteiger partial charge >= 0.3 is 5.97 Å². The first-order valence-electron chi connectivity index (χ1n) is 18.4. The summed E-state index contributed by atoms with van der Waals surface area (Å²) in [7, 11) is 0. The molecule has 4 aliphatic heterocycles. The maximum absolute atomic E-state index is 14.4. The second-order valence-electron chi connectivity index (χ2n) is 18.9. The molecule has 5 aliphatic rings. The normalized spacial score (nSPS) is 44.2. The minimum atomic E-state index is -1.52. The number of rotatable bonds is 0. The lowest BCUT2D eigenvalue weighted by Gasteiger charge is -2.50. The van der Waals surface area contributed by atoms with Gasteiger partial charge in [0, 0.05) is 24.7 Å². The van der Waals surface area contributed by atoms with Gasteiger partial charge in [-0.05, 0) is 60.0 Å². The van der Waals surface area contributed by atoms with Gasteiger partial charge in [0.25, 0.3) is 0 Å². The van der Waals surface area contributed by atoms with Crippen molar-refractivity contribution in [3.05, 3.63) is 59.3 Å². The molecule has 6 nitrogen and oxygen atoms in total. The number of esters is 1. The van der Waals surface area contributed by atoms with Gasteiger partial charge in [-0.25, -0.2) is 0 Å². The maximum Gasteiger partial charge on any atom is 0.316 e. The second kappa shape index (κ2) is 13.0. The predicted octanol–water partition coefficient (Wildman–Crippen LogP) is 8.91. The summed E-state index contributed by atoms with van der Waals surface area (Å²) in [6.45, 7) is 29.1. The van der Waals surface area contributed by atoms with E-state index < -0.39 is 35.5 Å². The molecule has 5 rings (SSSR count). The van der Waals surface area contributed by atoms with Crippen molar-refractivity contribution in [1.82, 2.24) is 0 Å². The predicted molar refractivity (Wildman–Crippen MR) is 192 cm³/mol. The van der Waals surface area contributed by atoms with Crippen LogP contribution in [-0.2, 0) is 23.7 Å². The van der Waals surface area contributed by atoms with Gasteiger partial charge in [-0.15, -0.1) is 0 Å². The third kappa shape index (κ3) is 7.11. The maximum atomic E-state index is 14.4. The average molecular weight is 665 g/mol. The van der Waals surface area contributed by atoms with Gasteiger partial charge in [-0.2, -0.15) is 0 Å². The SMILES string of the molecule is CC1=CC2C(=O)OC3CC(C/C=C(\C)C(C(C)(C)C)C(C)/C=C/C=C4\COC(C1C(C)(C)C)C42O)OC1(C=CC(C)C(C(C)(C)C)O1)C3. The summed E-state index contributed by atoms with van der Waals surface area (Å²) < 4.78 is 26.7. The molecule has 2 bridgehead atoms. The van der Waals surface area contributed by atoms with Crippen LogP contribution < -0.4 is 0 Å². The Hall–Kier alpha value is -1.99. The molecule has 6 heteroatoms. The largest absolute Gasteiger partial charge is 0.462 e. The van der Waals surface area contributed by atoms with Gasteiger partial charge in [-0.1, -0.05) is 124 Å². The van der Waals surface area contributed by atoms with E-state index in [1.54, 1.807) is 0 Å². The number of hydrogen-bond donors (Lipinski definition) is 1. The van der Waals surface area contributed by atoms with E-state index in [1.807, 2.05) is 12.2 Å². The van der Waals surface area contributed by atoms with Crippen molar-refractivity contribution in [2.75, 3.05) is 6.61 Å². The molecule has 268 valence electrons. The van der Waals surface area contributed by atoms with Gasteiger partial charge in [0.15, 0.2) is 5.79 Å². The minimum absolute atomic E-state index is 0.0252. The molecule has 2 fully saturated rings. The van der Waals surface area contributed by atoms with Gasteiger partial charge in [0.05, 0.1) is 24.9 Å². The Morgan fingerprint density at radius 1 is 0.833 bits per heavy atom. The van der Waals surface area contributed by atoms with Crippen LogP contribution in [-0.4, -0.2) is 53.5 Å². The number of fused-ring (bicyclic) bond motifs is 2.